The third-order valence-corrected chi connectivity index (χ3v) is 3.96. The number of nitrogens with one attached hydrogen (secondary N) is 2. The van der Waals surface area contributed by atoms with Gasteiger partial charge in [-0.25, -0.2) is 9.38 Å². The van der Waals surface area contributed by atoms with Gasteiger partial charge < -0.3 is 5.32 Å². The lowest BCUT2D eigenvalue weighted by Crippen LogP contribution is -2.33. The lowest BCUT2D eigenvalue weighted by Gasteiger charge is -2.15. The fourth-order valence-corrected chi connectivity index (χ4v) is 2.86. The number of nitrogens with zero attached hydrogens (tertiary/aromatic N) is 2. The molecule has 0 bridgehead atoms. The molecule has 114 valence electrons. The highest BCUT2D eigenvalue weighted by Gasteiger charge is 2.18. The molecular weight excluding hydrogens is 398 g/mol. The predicted octanol–water partition coefficient (Wildman–Crippen LogP) is 3.40. The molecule has 7 heteroatoms. The minimum Gasteiger partial charge on any atom is -0.355 e. The van der Waals surface area contributed by atoms with Gasteiger partial charge in [0.15, 0.2) is 0 Å². The zero-order valence-corrected chi connectivity index (χ0v) is 13.9. The minimum atomic E-state index is -0.339. The van der Waals surface area contributed by atoms with E-state index in [0.29, 0.717) is 17.1 Å². The van der Waals surface area contributed by atoms with E-state index >= 15 is 0 Å². The molecule has 0 saturated carbocycles. The van der Waals surface area contributed by atoms with Gasteiger partial charge in [0.05, 0.1) is 5.69 Å². The van der Waals surface area contributed by atoms with Crippen LogP contribution in [-0.2, 0) is 0 Å². The molecule has 0 spiro atoms. The first kappa shape index (κ1) is 15.2. The Kier molecular flexibility index (Phi) is 4.27. The zero-order chi connectivity index (χ0) is 15.7. The average molecular weight is 412 g/mol. The Morgan fingerprint density at radius 3 is 2.77 bits per heavy atom. The number of hydroxylamine groups is 1. The van der Waals surface area contributed by atoms with Crippen LogP contribution in [0, 0.1) is 16.3 Å². The van der Waals surface area contributed by atoms with Crippen molar-refractivity contribution in [2.75, 3.05) is 12.0 Å². The van der Waals surface area contributed by atoms with Crippen molar-refractivity contribution in [3.63, 3.8) is 0 Å². The van der Waals surface area contributed by atoms with Gasteiger partial charge in [-0.15, -0.1) is 0 Å². The Labute approximate surface area is 140 Å². The summed E-state index contributed by atoms with van der Waals surface area (Å²) in [5.41, 5.74) is 5.95. The Hall–Kier alpha value is -1.71. The number of aliphatic imine (C=N–C) groups is 1. The monoisotopic (exact) mass is 412 g/mol. The highest BCUT2D eigenvalue weighted by Crippen LogP contribution is 2.26. The molecular formula is C15H14FIN4O. The normalized spacial score (nSPS) is 14.6. The van der Waals surface area contributed by atoms with Crippen LogP contribution in [-0.4, -0.2) is 22.9 Å². The molecule has 5 nitrogen and oxygen atoms in total. The molecule has 2 aromatic rings. The first-order chi connectivity index (χ1) is 10.5. The number of aryl methyl sites for hydroxylation is 1. The summed E-state index contributed by atoms with van der Waals surface area (Å²) in [4.78, 5) is 4.17. The standard InChI is InChI=1S/C15H14FIN4O/c1-9-6-11(17)3-5-13(9)19-14-7-10(16)2-4-12(14)15-18-8-21(22)20-15/h2-7,19,22H,8H2,1H3,(H,18,20). The lowest BCUT2D eigenvalue weighted by atomic mass is 10.1. The summed E-state index contributed by atoms with van der Waals surface area (Å²) in [7, 11) is 0. The Morgan fingerprint density at radius 2 is 2.09 bits per heavy atom. The second kappa shape index (κ2) is 6.19. The quantitative estimate of drug-likeness (QED) is 0.677. The first-order valence-corrected chi connectivity index (χ1v) is 7.71. The van der Waals surface area contributed by atoms with Crippen LogP contribution in [0.5, 0.6) is 0 Å². The molecule has 0 radical (unpaired) electrons. The fourth-order valence-electron chi connectivity index (χ4n) is 2.21. The topological polar surface area (TPSA) is 59.9 Å². The Balaban J connectivity index is 1.97. The van der Waals surface area contributed by atoms with Gasteiger partial charge in [-0.2, -0.15) is 0 Å². The van der Waals surface area contributed by atoms with Gasteiger partial charge in [-0.05, 0) is 71.5 Å². The van der Waals surface area contributed by atoms with Crippen LogP contribution >= 0.6 is 22.6 Å². The van der Waals surface area contributed by atoms with E-state index in [2.05, 4.69) is 38.3 Å². The number of benzene rings is 2. The van der Waals surface area contributed by atoms with Gasteiger partial charge in [0.2, 0.25) is 0 Å². The van der Waals surface area contributed by atoms with E-state index in [0.717, 1.165) is 20.0 Å². The number of anilines is 2. The molecule has 0 aromatic heterocycles. The number of halogens is 2. The number of hydrazine groups is 1. The lowest BCUT2D eigenvalue weighted by molar-refractivity contribution is -0.105. The molecule has 1 heterocycles. The van der Waals surface area contributed by atoms with E-state index in [9.17, 15) is 9.60 Å². The van der Waals surface area contributed by atoms with E-state index in [4.69, 9.17) is 0 Å². The molecule has 0 saturated heterocycles. The second-order valence-corrected chi connectivity index (χ2v) is 6.18. The van der Waals surface area contributed by atoms with E-state index in [1.165, 1.54) is 12.1 Å². The largest absolute Gasteiger partial charge is 0.355 e. The summed E-state index contributed by atoms with van der Waals surface area (Å²) < 4.78 is 14.8. The molecule has 1 aliphatic heterocycles. The molecule has 0 atom stereocenters. The van der Waals surface area contributed by atoms with Gasteiger partial charge in [-0.1, -0.05) is 5.17 Å². The van der Waals surface area contributed by atoms with E-state index in [-0.39, 0.29) is 12.5 Å². The molecule has 3 rings (SSSR count). The van der Waals surface area contributed by atoms with Gasteiger partial charge in [-0.3, -0.25) is 10.6 Å². The number of hydrogen-bond acceptors (Lipinski definition) is 5. The van der Waals surface area contributed by atoms with Crippen molar-refractivity contribution in [2.45, 2.75) is 6.92 Å². The molecule has 0 unspecified atom stereocenters. The summed E-state index contributed by atoms with van der Waals surface area (Å²) in [6, 6.07) is 10.4. The summed E-state index contributed by atoms with van der Waals surface area (Å²) in [5, 5.41) is 13.5. The van der Waals surface area contributed by atoms with Crippen molar-refractivity contribution in [3.8, 4) is 0 Å². The summed E-state index contributed by atoms with van der Waals surface area (Å²) >= 11 is 2.25. The maximum atomic E-state index is 13.6. The van der Waals surface area contributed by atoms with Gasteiger partial charge in [0.1, 0.15) is 18.3 Å². The van der Waals surface area contributed by atoms with Crippen LogP contribution in [0.1, 0.15) is 11.1 Å². The van der Waals surface area contributed by atoms with Crippen LogP contribution in [0.2, 0.25) is 0 Å². The summed E-state index contributed by atoms with van der Waals surface area (Å²) in [6.45, 7) is 2.12. The number of hydrogen-bond donors (Lipinski definition) is 3. The van der Waals surface area contributed by atoms with Crippen molar-refractivity contribution in [2.24, 2.45) is 4.99 Å². The van der Waals surface area contributed by atoms with E-state index in [1.807, 2.05) is 25.1 Å². The van der Waals surface area contributed by atoms with E-state index in [1.54, 1.807) is 6.07 Å². The molecule has 2 aromatic carbocycles. The minimum absolute atomic E-state index is 0.134. The van der Waals surface area contributed by atoms with Gasteiger partial charge in [0, 0.05) is 14.8 Å². The average Bonchev–Trinajstić information content (AvgIpc) is 2.88. The summed E-state index contributed by atoms with van der Waals surface area (Å²) in [5.74, 6) is 0.155. The third-order valence-electron chi connectivity index (χ3n) is 3.29. The highest BCUT2D eigenvalue weighted by atomic mass is 127. The van der Waals surface area contributed by atoms with Gasteiger partial charge in [0.25, 0.3) is 0 Å². The number of rotatable bonds is 3. The molecule has 22 heavy (non-hydrogen) atoms. The first-order valence-electron chi connectivity index (χ1n) is 6.63. The summed E-state index contributed by atoms with van der Waals surface area (Å²) in [6.07, 6.45) is 0. The SMILES string of the molecule is Cc1cc(I)ccc1Nc1cc(F)ccc1C1=NCN(O)N1. The van der Waals surface area contributed by atoms with Crippen molar-refractivity contribution in [1.82, 2.24) is 10.6 Å². The Morgan fingerprint density at radius 1 is 1.27 bits per heavy atom. The van der Waals surface area contributed by atoms with E-state index < -0.39 is 0 Å². The molecule has 1 aliphatic rings. The fraction of sp³-hybridized carbons (Fsp3) is 0.133. The van der Waals surface area contributed by atoms with Crippen molar-refractivity contribution >= 4 is 39.8 Å². The molecule has 0 aliphatic carbocycles. The van der Waals surface area contributed by atoms with Crippen LogP contribution in [0.3, 0.4) is 0 Å². The Bertz CT molecular complexity index is 750. The van der Waals surface area contributed by atoms with Crippen LogP contribution in [0.4, 0.5) is 15.8 Å². The predicted molar refractivity (Wildman–Crippen MR) is 91.7 cm³/mol. The van der Waals surface area contributed by atoms with Crippen molar-refractivity contribution < 1.29 is 9.60 Å². The molecule has 0 fully saturated rings. The van der Waals surface area contributed by atoms with Crippen LogP contribution < -0.4 is 10.7 Å². The smallest absolute Gasteiger partial charge is 0.148 e. The van der Waals surface area contributed by atoms with Crippen molar-refractivity contribution in [3.05, 3.63) is 56.9 Å². The highest BCUT2D eigenvalue weighted by molar-refractivity contribution is 14.1. The van der Waals surface area contributed by atoms with Crippen LogP contribution in [0.15, 0.2) is 41.4 Å². The second-order valence-electron chi connectivity index (χ2n) is 4.93. The maximum absolute atomic E-state index is 13.6. The maximum Gasteiger partial charge on any atom is 0.148 e. The number of amidine groups is 1. The van der Waals surface area contributed by atoms with Gasteiger partial charge >= 0.3 is 0 Å². The third kappa shape index (κ3) is 3.21. The van der Waals surface area contributed by atoms with Crippen molar-refractivity contribution in [1.29, 1.82) is 0 Å². The molecule has 3 N–H and O–H groups in total. The van der Waals surface area contributed by atoms with Crippen LogP contribution in [0.25, 0.3) is 0 Å². The molecule has 0 amide bonds. The zero-order valence-electron chi connectivity index (χ0n) is 11.8.